The highest BCUT2D eigenvalue weighted by molar-refractivity contribution is 5.92. The Hall–Kier alpha value is -2.37. The molecule has 0 aliphatic heterocycles. The van der Waals surface area contributed by atoms with Crippen molar-refractivity contribution in [3.05, 3.63) is 41.2 Å². The molecule has 0 aliphatic carbocycles. The van der Waals surface area contributed by atoms with E-state index < -0.39 is 0 Å². The van der Waals surface area contributed by atoms with E-state index in [-0.39, 0.29) is 12.5 Å². The number of hydrogen-bond donors (Lipinski definition) is 2. The van der Waals surface area contributed by atoms with Crippen LogP contribution in [0.5, 0.6) is 0 Å². The summed E-state index contributed by atoms with van der Waals surface area (Å²) in [6.07, 6.45) is 0. The predicted octanol–water partition coefficient (Wildman–Crippen LogP) is 2.05. The molecule has 106 valence electrons. The molecular formula is C14H18N4O2. The molecule has 0 aliphatic rings. The van der Waals surface area contributed by atoms with Crippen molar-refractivity contribution in [2.24, 2.45) is 0 Å². The largest absolute Gasteiger partial charge is 0.444 e. The van der Waals surface area contributed by atoms with Gasteiger partial charge in [0.1, 0.15) is 17.3 Å². The number of oxazole rings is 1. The molecule has 0 bridgehead atoms. The van der Waals surface area contributed by atoms with E-state index in [1.54, 1.807) is 12.1 Å². The molecule has 0 radical (unpaired) electrons. The van der Waals surface area contributed by atoms with Crippen molar-refractivity contribution in [1.82, 2.24) is 15.3 Å². The summed E-state index contributed by atoms with van der Waals surface area (Å²) in [7, 11) is 0. The lowest BCUT2D eigenvalue weighted by molar-refractivity contribution is 0.0942. The zero-order chi connectivity index (χ0) is 14.5. The van der Waals surface area contributed by atoms with Crippen molar-refractivity contribution in [1.29, 1.82) is 0 Å². The van der Waals surface area contributed by atoms with Gasteiger partial charge in [-0.3, -0.25) is 4.79 Å². The average Bonchev–Trinajstić information content (AvgIpc) is 2.76. The smallest absolute Gasteiger partial charge is 0.270 e. The first kappa shape index (κ1) is 14.0. The van der Waals surface area contributed by atoms with Gasteiger partial charge in [-0.2, -0.15) is 0 Å². The maximum atomic E-state index is 12.0. The number of carbonyl (C=O) groups is 1. The summed E-state index contributed by atoms with van der Waals surface area (Å²) in [6, 6.07) is 5.28. The van der Waals surface area contributed by atoms with Crippen LogP contribution in [-0.4, -0.2) is 22.4 Å². The van der Waals surface area contributed by atoms with Crippen molar-refractivity contribution < 1.29 is 9.21 Å². The van der Waals surface area contributed by atoms with Crippen LogP contribution in [0.25, 0.3) is 0 Å². The van der Waals surface area contributed by atoms with Gasteiger partial charge in [-0.25, -0.2) is 9.97 Å². The van der Waals surface area contributed by atoms with E-state index in [0.717, 1.165) is 18.0 Å². The summed E-state index contributed by atoms with van der Waals surface area (Å²) in [6.45, 7) is 6.69. The van der Waals surface area contributed by atoms with Crippen molar-refractivity contribution in [2.75, 3.05) is 11.9 Å². The molecule has 2 heterocycles. The first-order valence-corrected chi connectivity index (χ1v) is 6.52. The highest BCUT2D eigenvalue weighted by Crippen LogP contribution is 2.08. The van der Waals surface area contributed by atoms with Crippen LogP contribution in [0, 0.1) is 13.8 Å². The normalized spacial score (nSPS) is 10.3. The highest BCUT2D eigenvalue weighted by Gasteiger charge is 2.10. The lowest BCUT2D eigenvalue weighted by Gasteiger charge is -2.05. The van der Waals surface area contributed by atoms with Crippen molar-refractivity contribution >= 4 is 11.7 Å². The molecule has 0 atom stereocenters. The van der Waals surface area contributed by atoms with Crippen molar-refractivity contribution in [2.45, 2.75) is 27.3 Å². The molecule has 2 N–H and O–H groups in total. The number of nitrogens with one attached hydrogen (secondary N) is 2. The van der Waals surface area contributed by atoms with Gasteiger partial charge in [0.2, 0.25) is 5.89 Å². The second kappa shape index (κ2) is 6.18. The van der Waals surface area contributed by atoms with Crippen LogP contribution in [-0.2, 0) is 6.54 Å². The van der Waals surface area contributed by atoms with Crippen molar-refractivity contribution in [3.8, 4) is 0 Å². The second-order valence-corrected chi connectivity index (χ2v) is 4.37. The minimum atomic E-state index is -0.252. The van der Waals surface area contributed by atoms with Crippen LogP contribution in [0.2, 0.25) is 0 Å². The Morgan fingerprint density at radius 3 is 2.75 bits per heavy atom. The third kappa shape index (κ3) is 3.34. The zero-order valence-corrected chi connectivity index (χ0v) is 11.9. The molecule has 0 saturated carbocycles. The fourth-order valence-electron chi connectivity index (χ4n) is 1.70. The Kier molecular flexibility index (Phi) is 4.34. The van der Waals surface area contributed by atoms with Gasteiger partial charge in [0.15, 0.2) is 0 Å². The number of rotatable bonds is 5. The number of hydrogen-bond acceptors (Lipinski definition) is 5. The fourth-order valence-corrected chi connectivity index (χ4v) is 1.70. The maximum Gasteiger partial charge on any atom is 0.270 e. The van der Waals surface area contributed by atoms with E-state index in [1.165, 1.54) is 0 Å². The summed E-state index contributed by atoms with van der Waals surface area (Å²) in [5.41, 5.74) is 1.20. The maximum absolute atomic E-state index is 12.0. The molecule has 2 aromatic heterocycles. The third-order valence-electron chi connectivity index (χ3n) is 2.81. The Labute approximate surface area is 117 Å². The van der Waals surface area contributed by atoms with Gasteiger partial charge in [0.05, 0.1) is 12.2 Å². The lowest BCUT2D eigenvalue weighted by atomic mass is 10.3. The summed E-state index contributed by atoms with van der Waals surface area (Å²) in [5.74, 6) is 1.69. The van der Waals surface area contributed by atoms with E-state index in [9.17, 15) is 4.79 Å². The number of amides is 1. The minimum absolute atomic E-state index is 0.251. The number of pyridine rings is 1. The van der Waals surface area contributed by atoms with Crippen LogP contribution in [0.3, 0.4) is 0 Å². The number of carbonyl (C=O) groups excluding carboxylic acids is 1. The molecule has 2 rings (SSSR count). The van der Waals surface area contributed by atoms with Crippen LogP contribution >= 0.6 is 0 Å². The number of nitrogens with zero attached hydrogens (tertiary/aromatic N) is 2. The van der Waals surface area contributed by atoms with Crippen LogP contribution in [0.4, 0.5) is 5.82 Å². The first-order valence-electron chi connectivity index (χ1n) is 6.52. The lowest BCUT2D eigenvalue weighted by Crippen LogP contribution is -2.24. The number of anilines is 1. The molecule has 0 saturated heterocycles. The van der Waals surface area contributed by atoms with E-state index in [0.29, 0.717) is 17.4 Å². The molecule has 20 heavy (non-hydrogen) atoms. The third-order valence-corrected chi connectivity index (χ3v) is 2.81. The monoisotopic (exact) mass is 274 g/mol. The summed E-state index contributed by atoms with van der Waals surface area (Å²) in [4.78, 5) is 20.4. The molecule has 0 unspecified atom stereocenters. The Bertz CT molecular complexity index is 587. The quantitative estimate of drug-likeness (QED) is 0.872. The second-order valence-electron chi connectivity index (χ2n) is 4.37. The number of aryl methyl sites for hydroxylation is 2. The molecule has 0 aromatic carbocycles. The molecular weight excluding hydrogens is 256 g/mol. The van der Waals surface area contributed by atoms with Gasteiger partial charge in [-0.15, -0.1) is 0 Å². The van der Waals surface area contributed by atoms with Crippen LogP contribution < -0.4 is 10.6 Å². The summed E-state index contributed by atoms with van der Waals surface area (Å²) in [5, 5.41) is 5.81. The van der Waals surface area contributed by atoms with Gasteiger partial charge in [-0.05, 0) is 32.9 Å². The summed E-state index contributed by atoms with van der Waals surface area (Å²) < 4.78 is 5.40. The Balaban J connectivity index is 1.99. The summed E-state index contributed by atoms with van der Waals surface area (Å²) >= 11 is 0. The molecule has 1 amide bonds. The molecule has 2 aromatic rings. The van der Waals surface area contributed by atoms with Gasteiger partial charge < -0.3 is 15.1 Å². The Morgan fingerprint density at radius 2 is 2.10 bits per heavy atom. The van der Waals surface area contributed by atoms with Gasteiger partial charge in [0.25, 0.3) is 5.91 Å². The Morgan fingerprint density at radius 1 is 1.30 bits per heavy atom. The number of aromatic nitrogens is 2. The van der Waals surface area contributed by atoms with Crippen LogP contribution in [0.1, 0.15) is 34.8 Å². The minimum Gasteiger partial charge on any atom is -0.444 e. The molecule has 6 nitrogen and oxygen atoms in total. The molecule has 6 heteroatoms. The van der Waals surface area contributed by atoms with E-state index in [1.807, 2.05) is 26.8 Å². The highest BCUT2D eigenvalue weighted by atomic mass is 16.4. The molecule has 0 fully saturated rings. The van der Waals surface area contributed by atoms with Gasteiger partial charge in [-0.1, -0.05) is 6.07 Å². The zero-order valence-electron chi connectivity index (χ0n) is 11.9. The van der Waals surface area contributed by atoms with E-state index in [2.05, 4.69) is 20.6 Å². The van der Waals surface area contributed by atoms with Gasteiger partial charge >= 0.3 is 0 Å². The first-order chi connectivity index (χ1) is 9.60. The van der Waals surface area contributed by atoms with Crippen LogP contribution in [0.15, 0.2) is 22.6 Å². The van der Waals surface area contributed by atoms with E-state index in [4.69, 9.17) is 4.42 Å². The topological polar surface area (TPSA) is 80.0 Å². The fraction of sp³-hybridized carbons (Fsp3) is 0.357. The standard InChI is InChI=1S/C14H18N4O2/c1-4-15-12-7-5-6-11(18-12)14(19)16-8-13-17-9(2)10(3)20-13/h5-7H,4,8H2,1-3H3,(H,15,18)(H,16,19). The van der Waals surface area contributed by atoms with Gasteiger partial charge in [0, 0.05) is 6.54 Å². The molecule has 0 spiro atoms. The van der Waals surface area contributed by atoms with Crippen molar-refractivity contribution in [3.63, 3.8) is 0 Å². The average molecular weight is 274 g/mol. The predicted molar refractivity (Wildman–Crippen MR) is 75.5 cm³/mol. The van der Waals surface area contributed by atoms with E-state index >= 15 is 0 Å². The SMILES string of the molecule is CCNc1cccc(C(=O)NCc2nc(C)c(C)o2)n1.